The van der Waals surface area contributed by atoms with E-state index in [0.717, 1.165) is 6.07 Å². The van der Waals surface area contributed by atoms with Crippen LogP contribution in [0.25, 0.3) is 0 Å². The molecule has 0 fully saturated rings. The SMILES string of the molecule is O=C(Nc1ccc(Cl)c(F)c1)c1ccc(F)cc1Br. The van der Waals surface area contributed by atoms with Crippen molar-refractivity contribution in [3.8, 4) is 0 Å². The number of hydrogen-bond donors (Lipinski definition) is 1. The normalized spacial score (nSPS) is 10.3. The molecule has 0 heterocycles. The molecule has 0 atom stereocenters. The van der Waals surface area contributed by atoms with E-state index in [0.29, 0.717) is 4.47 Å². The van der Waals surface area contributed by atoms with Gasteiger partial charge in [-0.25, -0.2) is 8.78 Å². The van der Waals surface area contributed by atoms with E-state index >= 15 is 0 Å². The molecule has 2 nitrogen and oxygen atoms in total. The van der Waals surface area contributed by atoms with Gasteiger partial charge in [-0.05, 0) is 52.3 Å². The molecular weight excluding hydrogens is 340 g/mol. The van der Waals surface area contributed by atoms with Crippen LogP contribution in [0.3, 0.4) is 0 Å². The summed E-state index contributed by atoms with van der Waals surface area (Å²) in [4.78, 5) is 11.9. The number of nitrogens with one attached hydrogen (secondary N) is 1. The lowest BCUT2D eigenvalue weighted by Gasteiger charge is -2.07. The number of amides is 1. The zero-order chi connectivity index (χ0) is 14.0. The summed E-state index contributed by atoms with van der Waals surface area (Å²) >= 11 is 8.63. The lowest BCUT2D eigenvalue weighted by Crippen LogP contribution is -2.12. The quantitative estimate of drug-likeness (QED) is 0.844. The highest BCUT2D eigenvalue weighted by atomic mass is 79.9. The van der Waals surface area contributed by atoms with Crippen molar-refractivity contribution in [3.05, 3.63) is 63.1 Å². The molecule has 0 aliphatic carbocycles. The predicted molar refractivity (Wildman–Crippen MR) is 73.5 cm³/mol. The van der Waals surface area contributed by atoms with Gasteiger partial charge in [0.05, 0.1) is 10.6 Å². The maximum atomic E-state index is 13.2. The Morgan fingerprint density at radius 3 is 2.53 bits per heavy atom. The molecule has 0 spiro atoms. The van der Waals surface area contributed by atoms with Gasteiger partial charge in [0.1, 0.15) is 11.6 Å². The van der Waals surface area contributed by atoms with Gasteiger partial charge in [-0.3, -0.25) is 4.79 Å². The van der Waals surface area contributed by atoms with Crippen molar-refractivity contribution < 1.29 is 13.6 Å². The van der Waals surface area contributed by atoms with Crippen LogP contribution in [-0.4, -0.2) is 5.91 Å². The summed E-state index contributed by atoms with van der Waals surface area (Å²) in [5, 5.41) is 2.47. The Bertz CT molecular complexity index is 649. The van der Waals surface area contributed by atoms with Crippen molar-refractivity contribution in [2.24, 2.45) is 0 Å². The molecule has 2 aromatic rings. The zero-order valence-electron chi connectivity index (χ0n) is 9.38. The summed E-state index contributed by atoms with van der Waals surface area (Å²) in [5.41, 5.74) is 0.514. The molecule has 6 heteroatoms. The first-order valence-corrected chi connectivity index (χ1v) is 6.36. The summed E-state index contributed by atoms with van der Waals surface area (Å²) in [7, 11) is 0. The Balaban J connectivity index is 2.23. The zero-order valence-corrected chi connectivity index (χ0v) is 11.7. The lowest BCUT2D eigenvalue weighted by molar-refractivity contribution is 0.102. The van der Waals surface area contributed by atoms with Gasteiger partial charge in [0, 0.05) is 10.2 Å². The molecular formula is C13H7BrClF2NO. The molecule has 0 saturated carbocycles. The van der Waals surface area contributed by atoms with Crippen LogP contribution < -0.4 is 5.32 Å². The third kappa shape index (κ3) is 3.30. The van der Waals surface area contributed by atoms with Gasteiger partial charge >= 0.3 is 0 Å². The second kappa shape index (κ2) is 5.67. The summed E-state index contributed by atoms with van der Waals surface area (Å²) in [6, 6.07) is 7.60. The van der Waals surface area contributed by atoms with E-state index in [4.69, 9.17) is 11.6 Å². The molecule has 0 bridgehead atoms. The monoisotopic (exact) mass is 345 g/mol. The Hall–Kier alpha value is -1.46. The molecule has 1 N–H and O–H groups in total. The molecule has 2 aromatic carbocycles. The molecule has 0 aliphatic rings. The fraction of sp³-hybridized carbons (Fsp3) is 0. The van der Waals surface area contributed by atoms with Crippen LogP contribution in [0.5, 0.6) is 0 Å². The number of halogens is 4. The topological polar surface area (TPSA) is 29.1 Å². The standard InChI is InChI=1S/C13H7BrClF2NO/c14-10-5-7(16)1-3-9(10)13(19)18-8-2-4-11(15)12(17)6-8/h1-6H,(H,18,19). The fourth-order valence-electron chi connectivity index (χ4n) is 1.45. The van der Waals surface area contributed by atoms with Crippen LogP contribution in [0.4, 0.5) is 14.5 Å². The maximum Gasteiger partial charge on any atom is 0.256 e. The molecule has 0 saturated heterocycles. The Morgan fingerprint density at radius 1 is 1.16 bits per heavy atom. The van der Waals surface area contributed by atoms with Crippen molar-refractivity contribution in [1.29, 1.82) is 0 Å². The summed E-state index contributed by atoms with van der Waals surface area (Å²) in [5.74, 6) is -1.56. The van der Waals surface area contributed by atoms with Crippen LogP contribution in [0.1, 0.15) is 10.4 Å². The van der Waals surface area contributed by atoms with Gasteiger partial charge in [-0.15, -0.1) is 0 Å². The van der Waals surface area contributed by atoms with E-state index in [1.54, 1.807) is 0 Å². The van der Waals surface area contributed by atoms with E-state index in [1.807, 2.05) is 0 Å². The van der Waals surface area contributed by atoms with Crippen molar-refractivity contribution >= 4 is 39.1 Å². The van der Waals surface area contributed by atoms with Gasteiger partial charge < -0.3 is 5.32 Å². The van der Waals surface area contributed by atoms with E-state index in [9.17, 15) is 13.6 Å². The van der Waals surface area contributed by atoms with Crippen LogP contribution in [0.2, 0.25) is 5.02 Å². The Labute approximate surface area is 121 Å². The van der Waals surface area contributed by atoms with Crippen LogP contribution in [-0.2, 0) is 0 Å². The number of carbonyl (C=O) groups is 1. The highest BCUT2D eigenvalue weighted by Crippen LogP contribution is 2.22. The minimum Gasteiger partial charge on any atom is -0.322 e. The van der Waals surface area contributed by atoms with Crippen LogP contribution in [0, 0.1) is 11.6 Å². The second-order valence-electron chi connectivity index (χ2n) is 3.71. The predicted octanol–water partition coefficient (Wildman–Crippen LogP) is 4.63. The molecule has 2 rings (SSSR count). The first kappa shape index (κ1) is 14.0. The molecule has 0 aliphatic heterocycles. The van der Waals surface area contributed by atoms with Gasteiger partial charge in [-0.2, -0.15) is 0 Å². The first-order chi connectivity index (χ1) is 8.97. The Kier molecular flexibility index (Phi) is 4.17. The molecule has 0 unspecified atom stereocenters. The Morgan fingerprint density at radius 2 is 1.89 bits per heavy atom. The van der Waals surface area contributed by atoms with Crippen molar-refractivity contribution in [1.82, 2.24) is 0 Å². The maximum absolute atomic E-state index is 13.2. The largest absolute Gasteiger partial charge is 0.322 e. The van der Waals surface area contributed by atoms with E-state index in [1.165, 1.54) is 30.3 Å². The minimum absolute atomic E-state index is 0.0269. The van der Waals surface area contributed by atoms with Gasteiger partial charge in [0.25, 0.3) is 5.91 Å². The van der Waals surface area contributed by atoms with Gasteiger partial charge in [0.2, 0.25) is 0 Å². The molecule has 98 valence electrons. The number of hydrogen-bond acceptors (Lipinski definition) is 1. The average molecular weight is 347 g/mol. The number of carbonyl (C=O) groups excluding carboxylic acids is 1. The van der Waals surface area contributed by atoms with E-state index < -0.39 is 17.5 Å². The van der Waals surface area contributed by atoms with Crippen molar-refractivity contribution in [2.75, 3.05) is 5.32 Å². The summed E-state index contributed by atoms with van der Waals surface area (Å²) in [6.45, 7) is 0. The number of rotatable bonds is 2. The van der Waals surface area contributed by atoms with Crippen LogP contribution >= 0.6 is 27.5 Å². The molecule has 1 amide bonds. The second-order valence-corrected chi connectivity index (χ2v) is 4.97. The fourth-order valence-corrected chi connectivity index (χ4v) is 2.09. The highest BCUT2D eigenvalue weighted by Gasteiger charge is 2.11. The van der Waals surface area contributed by atoms with E-state index in [2.05, 4.69) is 21.2 Å². The number of anilines is 1. The lowest BCUT2D eigenvalue weighted by atomic mass is 10.2. The first-order valence-electron chi connectivity index (χ1n) is 5.19. The molecule has 19 heavy (non-hydrogen) atoms. The smallest absolute Gasteiger partial charge is 0.256 e. The van der Waals surface area contributed by atoms with Crippen LogP contribution in [0.15, 0.2) is 40.9 Å². The number of benzene rings is 2. The summed E-state index contributed by atoms with van der Waals surface area (Å²) in [6.07, 6.45) is 0. The average Bonchev–Trinajstić information content (AvgIpc) is 2.33. The molecule has 0 aromatic heterocycles. The van der Waals surface area contributed by atoms with Gasteiger partial charge in [0.15, 0.2) is 0 Å². The third-order valence-corrected chi connectivity index (χ3v) is 3.32. The molecule has 0 radical (unpaired) electrons. The van der Waals surface area contributed by atoms with Crippen molar-refractivity contribution in [3.63, 3.8) is 0 Å². The van der Waals surface area contributed by atoms with Crippen molar-refractivity contribution in [2.45, 2.75) is 0 Å². The minimum atomic E-state index is -0.627. The van der Waals surface area contributed by atoms with E-state index in [-0.39, 0.29) is 16.3 Å². The van der Waals surface area contributed by atoms with Gasteiger partial charge in [-0.1, -0.05) is 11.6 Å². The third-order valence-electron chi connectivity index (χ3n) is 2.35. The highest BCUT2D eigenvalue weighted by molar-refractivity contribution is 9.10. The summed E-state index contributed by atoms with van der Waals surface area (Å²) < 4.78 is 26.5.